The highest BCUT2D eigenvalue weighted by molar-refractivity contribution is 5.97. The van der Waals surface area contributed by atoms with Crippen molar-refractivity contribution in [3.63, 3.8) is 0 Å². The molecule has 16 heavy (non-hydrogen) atoms. The van der Waals surface area contributed by atoms with Gasteiger partial charge < -0.3 is 9.15 Å². The Morgan fingerprint density at radius 1 is 1.25 bits per heavy atom. The molecule has 0 radical (unpaired) electrons. The monoisotopic (exact) mass is 220 g/mol. The zero-order valence-electron chi connectivity index (χ0n) is 8.93. The van der Waals surface area contributed by atoms with Crippen molar-refractivity contribution in [2.45, 2.75) is 31.6 Å². The van der Waals surface area contributed by atoms with Crippen molar-refractivity contribution in [1.82, 2.24) is 0 Å². The lowest BCUT2D eigenvalue weighted by Gasteiger charge is -1.99. The van der Waals surface area contributed by atoms with Crippen LogP contribution in [0.3, 0.4) is 0 Å². The van der Waals surface area contributed by atoms with Gasteiger partial charge in [-0.25, -0.2) is 0 Å². The number of cyclic esters (lactones) is 2. The molecule has 1 aromatic heterocycles. The van der Waals surface area contributed by atoms with Crippen LogP contribution >= 0.6 is 0 Å². The van der Waals surface area contributed by atoms with Crippen LogP contribution in [0.15, 0.2) is 16.5 Å². The smallest absolute Gasteiger partial charge is 0.324 e. The molecule has 2 fully saturated rings. The van der Waals surface area contributed by atoms with Crippen molar-refractivity contribution in [2.75, 3.05) is 0 Å². The van der Waals surface area contributed by atoms with E-state index in [0.717, 1.165) is 12.2 Å². The maximum atomic E-state index is 11.3. The number of rotatable bonds is 2. The van der Waals surface area contributed by atoms with Gasteiger partial charge in [-0.05, 0) is 24.5 Å². The standard InChI is InChI=1S/C12H12O4/c1-6-4-7(6)9-2-3-10(15-9)8-5-11(13)16-12(8)14/h2-3,6-8H,4-5H2,1H3. The Balaban J connectivity index is 1.82. The zero-order chi connectivity index (χ0) is 11.3. The van der Waals surface area contributed by atoms with E-state index in [2.05, 4.69) is 11.7 Å². The van der Waals surface area contributed by atoms with Gasteiger partial charge in [-0.3, -0.25) is 9.59 Å². The minimum absolute atomic E-state index is 0.103. The normalized spacial score (nSPS) is 32.9. The van der Waals surface area contributed by atoms with E-state index in [4.69, 9.17) is 4.42 Å². The first-order valence-electron chi connectivity index (χ1n) is 5.49. The predicted molar refractivity (Wildman–Crippen MR) is 53.7 cm³/mol. The molecule has 2 aliphatic rings. The summed E-state index contributed by atoms with van der Waals surface area (Å²) in [5.41, 5.74) is 0. The molecule has 0 bridgehead atoms. The molecule has 0 N–H and O–H groups in total. The summed E-state index contributed by atoms with van der Waals surface area (Å²) in [5, 5.41) is 0. The second kappa shape index (κ2) is 3.20. The van der Waals surface area contributed by atoms with Gasteiger partial charge in [-0.1, -0.05) is 6.92 Å². The number of hydrogen-bond donors (Lipinski definition) is 0. The van der Waals surface area contributed by atoms with E-state index in [-0.39, 0.29) is 6.42 Å². The van der Waals surface area contributed by atoms with Crippen molar-refractivity contribution in [1.29, 1.82) is 0 Å². The van der Waals surface area contributed by atoms with Gasteiger partial charge in [0.25, 0.3) is 0 Å². The van der Waals surface area contributed by atoms with Gasteiger partial charge in [0.2, 0.25) is 0 Å². The molecule has 1 saturated heterocycles. The molecule has 3 atom stereocenters. The minimum Gasteiger partial charge on any atom is -0.465 e. The molecule has 2 heterocycles. The largest absolute Gasteiger partial charge is 0.465 e. The fourth-order valence-corrected chi connectivity index (χ4v) is 2.17. The van der Waals surface area contributed by atoms with E-state index < -0.39 is 17.9 Å². The van der Waals surface area contributed by atoms with Crippen LogP contribution in [0.1, 0.15) is 43.1 Å². The fraction of sp³-hybridized carbons (Fsp3) is 0.500. The number of carbonyl (C=O) groups is 2. The van der Waals surface area contributed by atoms with E-state index in [1.165, 1.54) is 0 Å². The Labute approximate surface area is 92.6 Å². The number of carbonyl (C=O) groups excluding carboxylic acids is 2. The third-order valence-electron chi connectivity index (χ3n) is 3.34. The number of ether oxygens (including phenoxy) is 1. The summed E-state index contributed by atoms with van der Waals surface area (Å²) >= 11 is 0. The SMILES string of the molecule is CC1CC1c1ccc(C2CC(=O)OC2=O)o1. The van der Waals surface area contributed by atoms with Gasteiger partial charge >= 0.3 is 11.9 Å². The number of esters is 2. The van der Waals surface area contributed by atoms with Crippen molar-refractivity contribution < 1.29 is 18.7 Å². The summed E-state index contributed by atoms with van der Waals surface area (Å²) in [5.74, 6) is 1.15. The van der Waals surface area contributed by atoms with E-state index in [9.17, 15) is 9.59 Å². The molecule has 4 nitrogen and oxygen atoms in total. The first kappa shape index (κ1) is 9.63. The van der Waals surface area contributed by atoms with Crippen LogP contribution in [0.2, 0.25) is 0 Å². The lowest BCUT2D eigenvalue weighted by atomic mass is 10.1. The lowest BCUT2D eigenvalue weighted by Crippen LogP contribution is -2.04. The summed E-state index contributed by atoms with van der Waals surface area (Å²) in [4.78, 5) is 22.3. The maximum absolute atomic E-state index is 11.3. The minimum atomic E-state index is -0.532. The van der Waals surface area contributed by atoms with E-state index in [0.29, 0.717) is 17.6 Å². The highest BCUT2D eigenvalue weighted by Crippen LogP contribution is 2.48. The highest BCUT2D eigenvalue weighted by atomic mass is 16.6. The summed E-state index contributed by atoms with van der Waals surface area (Å²) in [6, 6.07) is 3.68. The maximum Gasteiger partial charge on any atom is 0.324 e. The summed E-state index contributed by atoms with van der Waals surface area (Å²) in [6.07, 6.45) is 1.24. The molecule has 3 unspecified atom stereocenters. The molecule has 0 spiro atoms. The Kier molecular flexibility index (Phi) is 1.93. The summed E-state index contributed by atoms with van der Waals surface area (Å²) < 4.78 is 10.1. The van der Waals surface area contributed by atoms with Crippen LogP contribution in [0.5, 0.6) is 0 Å². The van der Waals surface area contributed by atoms with Crippen molar-refractivity contribution in [2.24, 2.45) is 5.92 Å². The van der Waals surface area contributed by atoms with Gasteiger partial charge in [-0.2, -0.15) is 0 Å². The van der Waals surface area contributed by atoms with E-state index >= 15 is 0 Å². The fourth-order valence-electron chi connectivity index (χ4n) is 2.17. The second-order valence-electron chi connectivity index (χ2n) is 4.61. The molecule has 84 valence electrons. The topological polar surface area (TPSA) is 56.5 Å². The molecular weight excluding hydrogens is 208 g/mol. The lowest BCUT2D eigenvalue weighted by molar-refractivity contribution is -0.152. The quantitative estimate of drug-likeness (QED) is 0.564. The van der Waals surface area contributed by atoms with E-state index in [1.54, 1.807) is 6.07 Å². The Morgan fingerprint density at radius 2 is 1.94 bits per heavy atom. The van der Waals surface area contributed by atoms with Crippen molar-refractivity contribution in [3.8, 4) is 0 Å². The van der Waals surface area contributed by atoms with Gasteiger partial charge in [-0.15, -0.1) is 0 Å². The van der Waals surface area contributed by atoms with Crippen LogP contribution in [0.4, 0.5) is 0 Å². The molecule has 1 aromatic rings. The van der Waals surface area contributed by atoms with Gasteiger partial charge in [0.15, 0.2) is 0 Å². The van der Waals surface area contributed by atoms with Crippen LogP contribution in [-0.4, -0.2) is 11.9 Å². The third-order valence-corrected chi connectivity index (χ3v) is 3.34. The van der Waals surface area contributed by atoms with Gasteiger partial charge in [0.1, 0.15) is 17.4 Å². The zero-order valence-corrected chi connectivity index (χ0v) is 8.93. The van der Waals surface area contributed by atoms with Gasteiger partial charge in [0, 0.05) is 5.92 Å². The molecule has 0 aromatic carbocycles. The van der Waals surface area contributed by atoms with Crippen LogP contribution < -0.4 is 0 Å². The van der Waals surface area contributed by atoms with Crippen molar-refractivity contribution >= 4 is 11.9 Å². The summed E-state index contributed by atoms with van der Waals surface area (Å²) in [6.45, 7) is 2.17. The molecule has 0 amide bonds. The Morgan fingerprint density at radius 3 is 2.50 bits per heavy atom. The average Bonchev–Trinajstić information content (AvgIpc) is 2.67. The van der Waals surface area contributed by atoms with Gasteiger partial charge in [0.05, 0.1) is 6.42 Å². The molecule has 1 aliphatic heterocycles. The van der Waals surface area contributed by atoms with Crippen LogP contribution in [0.25, 0.3) is 0 Å². The molecule has 3 rings (SSSR count). The second-order valence-corrected chi connectivity index (χ2v) is 4.61. The van der Waals surface area contributed by atoms with Crippen LogP contribution in [-0.2, 0) is 14.3 Å². The summed E-state index contributed by atoms with van der Waals surface area (Å²) in [7, 11) is 0. The molecule has 1 saturated carbocycles. The predicted octanol–water partition coefficient (Wildman–Crippen LogP) is 1.96. The van der Waals surface area contributed by atoms with Crippen LogP contribution in [0, 0.1) is 5.92 Å². The Bertz CT molecular complexity index is 459. The molecule has 4 heteroatoms. The van der Waals surface area contributed by atoms with Crippen molar-refractivity contribution in [3.05, 3.63) is 23.7 Å². The average molecular weight is 220 g/mol. The first-order chi connectivity index (χ1) is 7.65. The molecule has 1 aliphatic carbocycles. The highest BCUT2D eigenvalue weighted by Gasteiger charge is 2.40. The molecular formula is C12H12O4. The third kappa shape index (κ3) is 1.45. The number of hydrogen-bond acceptors (Lipinski definition) is 4. The van der Waals surface area contributed by atoms with E-state index in [1.807, 2.05) is 6.07 Å². The first-order valence-corrected chi connectivity index (χ1v) is 5.49. The number of furan rings is 1. The Hall–Kier alpha value is -1.58.